The fourth-order valence-corrected chi connectivity index (χ4v) is 3.15. The second kappa shape index (κ2) is 7.95. The smallest absolute Gasteiger partial charge is 0.309 e. The summed E-state index contributed by atoms with van der Waals surface area (Å²) in [5, 5.41) is 0. The van der Waals surface area contributed by atoms with E-state index in [1.807, 2.05) is 13.0 Å². The lowest BCUT2D eigenvalue weighted by Gasteiger charge is -2.31. The summed E-state index contributed by atoms with van der Waals surface area (Å²) in [4.78, 5) is 18.9. The van der Waals surface area contributed by atoms with E-state index in [4.69, 9.17) is 9.72 Å². The van der Waals surface area contributed by atoms with Gasteiger partial charge in [-0.05, 0) is 37.5 Å². The number of benzene rings is 1. The van der Waals surface area contributed by atoms with Crippen LogP contribution < -0.4 is 4.90 Å². The van der Waals surface area contributed by atoms with Gasteiger partial charge in [0.25, 0.3) is 0 Å². The Morgan fingerprint density at radius 1 is 1.12 bits per heavy atom. The molecule has 0 spiro atoms. The lowest BCUT2D eigenvalue weighted by Crippen LogP contribution is -2.37. The van der Waals surface area contributed by atoms with Crippen LogP contribution in [0, 0.1) is 5.92 Å². The minimum Gasteiger partial charge on any atom is -0.466 e. The largest absolute Gasteiger partial charge is 0.466 e. The summed E-state index contributed by atoms with van der Waals surface area (Å²) in [7, 11) is 0. The van der Waals surface area contributed by atoms with Crippen molar-refractivity contribution in [2.45, 2.75) is 26.2 Å². The van der Waals surface area contributed by atoms with Crippen LogP contribution in [0.4, 0.5) is 5.82 Å². The van der Waals surface area contributed by atoms with E-state index in [9.17, 15) is 4.79 Å². The molecule has 1 aromatic heterocycles. The van der Waals surface area contributed by atoms with Gasteiger partial charge in [0.15, 0.2) is 0 Å². The minimum absolute atomic E-state index is 0.0358. The van der Waals surface area contributed by atoms with Gasteiger partial charge in [-0.15, -0.1) is 0 Å². The average molecular weight is 324 g/mol. The van der Waals surface area contributed by atoms with E-state index in [0.717, 1.165) is 43.9 Å². The van der Waals surface area contributed by atoms with Crippen molar-refractivity contribution in [1.82, 2.24) is 4.98 Å². The Morgan fingerprint density at radius 2 is 1.88 bits per heavy atom. The summed E-state index contributed by atoms with van der Waals surface area (Å²) in [5.41, 5.74) is 2.34. The molecule has 0 N–H and O–H groups in total. The molecule has 4 heteroatoms. The highest BCUT2D eigenvalue weighted by atomic mass is 16.5. The zero-order valence-corrected chi connectivity index (χ0v) is 14.1. The van der Waals surface area contributed by atoms with Gasteiger partial charge in [0.1, 0.15) is 5.82 Å². The number of hydrogen-bond donors (Lipinski definition) is 0. The van der Waals surface area contributed by atoms with Crippen LogP contribution in [0.2, 0.25) is 0 Å². The van der Waals surface area contributed by atoms with E-state index < -0.39 is 0 Å². The number of hydrogen-bond acceptors (Lipinski definition) is 4. The molecule has 0 saturated carbocycles. The predicted molar refractivity (Wildman–Crippen MR) is 95.1 cm³/mol. The molecule has 0 amide bonds. The van der Waals surface area contributed by atoms with Gasteiger partial charge in [0.05, 0.1) is 12.5 Å². The molecule has 0 radical (unpaired) electrons. The Kier molecular flexibility index (Phi) is 5.47. The molecule has 0 unspecified atom stereocenters. The van der Waals surface area contributed by atoms with Crippen molar-refractivity contribution in [2.75, 3.05) is 24.6 Å². The molecule has 2 aromatic rings. The molecule has 24 heavy (non-hydrogen) atoms. The van der Waals surface area contributed by atoms with Crippen LogP contribution in [0.1, 0.15) is 31.0 Å². The first-order chi connectivity index (χ1) is 11.8. The molecule has 0 atom stereocenters. The van der Waals surface area contributed by atoms with Crippen LogP contribution in [-0.4, -0.2) is 30.6 Å². The second-order valence-corrected chi connectivity index (χ2v) is 6.16. The summed E-state index contributed by atoms with van der Waals surface area (Å²) in [6.07, 6.45) is 2.51. The van der Waals surface area contributed by atoms with Crippen LogP contribution in [0.5, 0.6) is 0 Å². The van der Waals surface area contributed by atoms with Gasteiger partial charge in [-0.25, -0.2) is 4.98 Å². The molecular formula is C20H24N2O2. The van der Waals surface area contributed by atoms with Crippen LogP contribution in [0.25, 0.3) is 0 Å². The number of rotatable bonds is 5. The van der Waals surface area contributed by atoms with Crippen molar-refractivity contribution in [3.63, 3.8) is 0 Å². The third-order valence-corrected chi connectivity index (χ3v) is 4.46. The predicted octanol–water partition coefficient (Wildman–Crippen LogP) is 3.45. The summed E-state index contributed by atoms with van der Waals surface area (Å²) in [5.74, 6) is 0.988. The normalized spacial score (nSPS) is 15.3. The van der Waals surface area contributed by atoms with Gasteiger partial charge in [0.2, 0.25) is 0 Å². The minimum atomic E-state index is -0.0528. The zero-order valence-electron chi connectivity index (χ0n) is 14.1. The van der Waals surface area contributed by atoms with Crippen molar-refractivity contribution in [3.8, 4) is 0 Å². The van der Waals surface area contributed by atoms with Gasteiger partial charge < -0.3 is 9.64 Å². The standard InChI is InChI=1S/C20H24N2O2/c1-2-24-20(23)17-11-13-22(14-12-17)19-10-6-9-18(21-19)15-16-7-4-3-5-8-16/h3-10,17H,2,11-15H2,1H3. The second-order valence-electron chi connectivity index (χ2n) is 6.16. The number of anilines is 1. The third kappa shape index (κ3) is 4.13. The van der Waals surface area contributed by atoms with Gasteiger partial charge in [-0.3, -0.25) is 4.79 Å². The quantitative estimate of drug-likeness (QED) is 0.790. The van der Waals surface area contributed by atoms with Gasteiger partial charge in [-0.2, -0.15) is 0 Å². The Hall–Kier alpha value is -2.36. The first-order valence-electron chi connectivity index (χ1n) is 8.67. The van der Waals surface area contributed by atoms with Crippen molar-refractivity contribution < 1.29 is 9.53 Å². The van der Waals surface area contributed by atoms with Gasteiger partial charge in [0, 0.05) is 25.2 Å². The molecule has 2 heterocycles. The van der Waals surface area contributed by atoms with Crippen LogP contribution in [0.15, 0.2) is 48.5 Å². The Balaban J connectivity index is 1.62. The molecular weight excluding hydrogens is 300 g/mol. The maximum atomic E-state index is 11.8. The highest BCUT2D eigenvalue weighted by molar-refractivity contribution is 5.72. The van der Waals surface area contributed by atoms with E-state index in [2.05, 4.69) is 47.4 Å². The monoisotopic (exact) mass is 324 g/mol. The van der Waals surface area contributed by atoms with Gasteiger partial charge >= 0.3 is 5.97 Å². The molecule has 3 rings (SSSR count). The Labute approximate surface area is 143 Å². The SMILES string of the molecule is CCOC(=O)C1CCN(c2cccc(Cc3ccccc3)n2)CC1. The molecule has 0 bridgehead atoms. The molecule has 1 aromatic carbocycles. The number of carbonyl (C=O) groups is 1. The number of pyridine rings is 1. The number of esters is 1. The van der Waals surface area contributed by atoms with Gasteiger partial charge in [-0.1, -0.05) is 36.4 Å². The number of ether oxygens (including phenoxy) is 1. The molecule has 1 saturated heterocycles. The summed E-state index contributed by atoms with van der Waals surface area (Å²) in [6.45, 7) is 4.02. The summed E-state index contributed by atoms with van der Waals surface area (Å²) in [6, 6.07) is 16.6. The van der Waals surface area contributed by atoms with Crippen molar-refractivity contribution in [3.05, 3.63) is 59.8 Å². The third-order valence-electron chi connectivity index (χ3n) is 4.46. The molecule has 1 fully saturated rings. The first-order valence-corrected chi connectivity index (χ1v) is 8.67. The fraction of sp³-hybridized carbons (Fsp3) is 0.400. The summed E-state index contributed by atoms with van der Waals surface area (Å²) >= 11 is 0. The van der Waals surface area contributed by atoms with E-state index in [1.54, 1.807) is 0 Å². The highest BCUT2D eigenvalue weighted by Gasteiger charge is 2.26. The maximum absolute atomic E-state index is 11.8. The van der Waals surface area contributed by atoms with Crippen LogP contribution in [0.3, 0.4) is 0 Å². The van der Waals surface area contributed by atoms with E-state index in [1.165, 1.54) is 5.56 Å². The maximum Gasteiger partial charge on any atom is 0.309 e. The number of piperidine rings is 1. The number of carbonyl (C=O) groups excluding carboxylic acids is 1. The molecule has 126 valence electrons. The molecule has 0 aliphatic carbocycles. The number of aromatic nitrogens is 1. The molecule has 1 aliphatic heterocycles. The first kappa shape index (κ1) is 16.5. The topological polar surface area (TPSA) is 42.4 Å². The van der Waals surface area contributed by atoms with E-state index in [0.29, 0.717) is 6.61 Å². The average Bonchev–Trinajstić information content (AvgIpc) is 2.63. The van der Waals surface area contributed by atoms with Crippen LogP contribution >= 0.6 is 0 Å². The fourth-order valence-electron chi connectivity index (χ4n) is 3.15. The van der Waals surface area contributed by atoms with Crippen LogP contribution in [-0.2, 0) is 16.0 Å². The molecule has 4 nitrogen and oxygen atoms in total. The van der Waals surface area contributed by atoms with Crippen molar-refractivity contribution >= 4 is 11.8 Å². The lowest BCUT2D eigenvalue weighted by molar-refractivity contribution is -0.148. The number of nitrogens with zero attached hydrogens (tertiary/aromatic N) is 2. The highest BCUT2D eigenvalue weighted by Crippen LogP contribution is 2.23. The van der Waals surface area contributed by atoms with E-state index in [-0.39, 0.29) is 11.9 Å². The van der Waals surface area contributed by atoms with E-state index >= 15 is 0 Å². The Bertz CT molecular complexity index is 664. The van der Waals surface area contributed by atoms with Crippen molar-refractivity contribution in [1.29, 1.82) is 0 Å². The summed E-state index contributed by atoms with van der Waals surface area (Å²) < 4.78 is 5.13. The zero-order chi connectivity index (χ0) is 16.8. The van der Waals surface area contributed by atoms with Crippen molar-refractivity contribution in [2.24, 2.45) is 5.92 Å². The lowest BCUT2D eigenvalue weighted by atomic mass is 9.97. The Morgan fingerprint density at radius 3 is 2.58 bits per heavy atom. The molecule has 1 aliphatic rings.